The largest absolute Gasteiger partial charge is 0.370 e. The second-order valence-electron chi connectivity index (χ2n) is 5.54. The number of nitrogens with two attached hydrogens (primary N) is 2. The summed E-state index contributed by atoms with van der Waals surface area (Å²) in [6.45, 7) is 1.60. The van der Waals surface area contributed by atoms with Crippen molar-refractivity contribution in [2.75, 3.05) is 0 Å². The number of aryl methyl sites for hydroxylation is 1. The van der Waals surface area contributed by atoms with E-state index >= 15 is 0 Å². The topological polar surface area (TPSA) is 94.4 Å². The number of benzene rings is 2. The molecule has 3 rings (SSSR count). The summed E-state index contributed by atoms with van der Waals surface area (Å²) in [6, 6.07) is 8.52. The second kappa shape index (κ2) is 6.27. The lowest BCUT2D eigenvalue weighted by Crippen LogP contribution is -2.24. The Hall–Kier alpha value is -3.35. The third-order valence-electron chi connectivity index (χ3n) is 3.67. The van der Waals surface area contributed by atoms with Gasteiger partial charge in [0, 0.05) is 17.1 Å². The predicted octanol–water partition coefficient (Wildman–Crippen LogP) is 2.90. The minimum absolute atomic E-state index is 0.176. The van der Waals surface area contributed by atoms with E-state index in [2.05, 4.69) is 9.98 Å². The lowest BCUT2D eigenvalue weighted by molar-refractivity contribution is 0.100. The molecule has 0 bridgehead atoms. The van der Waals surface area contributed by atoms with E-state index in [1.54, 1.807) is 13.0 Å². The van der Waals surface area contributed by atoms with Crippen molar-refractivity contribution >= 4 is 22.8 Å². The number of amides is 1. The summed E-state index contributed by atoms with van der Waals surface area (Å²) in [5, 5.41) is 0.417. The molecule has 25 heavy (non-hydrogen) atoms. The van der Waals surface area contributed by atoms with Crippen LogP contribution in [0.3, 0.4) is 0 Å². The first-order valence-electron chi connectivity index (χ1n) is 7.35. The molecule has 0 atom stereocenters. The average Bonchev–Trinajstić information content (AvgIpc) is 2.53. The Kier molecular flexibility index (Phi) is 4.14. The van der Waals surface area contributed by atoms with Gasteiger partial charge in [0.25, 0.3) is 5.91 Å². The molecule has 1 aromatic heterocycles. The van der Waals surface area contributed by atoms with Gasteiger partial charge in [-0.1, -0.05) is 0 Å². The fourth-order valence-electron chi connectivity index (χ4n) is 2.64. The number of hydrogen-bond donors (Lipinski definition) is 2. The summed E-state index contributed by atoms with van der Waals surface area (Å²) in [7, 11) is 0. The van der Waals surface area contributed by atoms with Gasteiger partial charge in [-0.15, -0.1) is 0 Å². The summed E-state index contributed by atoms with van der Waals surface area (Å²) < 4.78 is 28.7. The third kappa shape index (κ3) is 3.16. The molecule has 0 unspecified atom stereocenters. The Morgan fingerprint density at radius 1 is 1.08 bits per heavy atom. The summed E-state index contributed by atoms with van der Waals surface area (Å²) >= 11 is 0. The molecule has 5 nitrogen and oxygen atoms in total. The summed E-state index contributed by atoms with van der Waals surface area (Å²) in [5.41, 5.74) is 11.7. The zero-order valence-electron chi connectivity index (χ0n) is 13.3. The molecule has 0 saturated carbocycles. The van der Waals surface area contributed by atoms with Gasteiger partial charge >= 0.3 is 0 Å². The lowest BCUT2D eigenvalue weighted by atomic mass is 9.98. The quantitative estimate of drug-likeness (QED) is 0.554. The number of carbonyl (C=O) groups excluding carboxylic acids is 1. The normalized spacial score (nSPS) is 10.7. The molecule has 2 aromatic carbocycles. The summed E-state index contributed by atoms with van der Waals surface area (Å²) in [6.07, 6.45) is 1.45. The van der Waals surface area contributed by atoms with Gasteiger partial charge in [0.2, 0.25) is 0 Å². The van der Waals surface area contributed by atoms with Crippen LogP contribution in [0.25, 0.3) is 22.0 Å². The molecule has 0 fully saturated rings. The maximum atomic E-state index is 14.4. The van der Waals surface area contributed by atoms with Crippen LogP contribution in [0.15, 0.2) is 47.6 Å². The van der Waals surface area contributed by atoms with Crippen LogP contribution in [0.4, 0.5) is 8.78 Å². The Morgan fingerprint density at radius 3 is 2.40 bits per heavy atom. The van der Waals surface area contributed by atoms with Gasteiger partial charge in [-0.05, 0) is 54.4 Å². The number of rotatable bonds is 2. The Balaban J connectivity index is 2.27. The monoisotopic (exact) mass is 340 g/mol. The van der Waals surface area contributed by atoms with Crippen molar-refractivity contribution < 1.29 is 13.6 Å². The number of aromatic nitrogens is 1. The van der Waals surface area contributed by atoms with Crippen molar-refractivity contribution in [3.05, 3.63) is 65.4 Å². The van der Waals surface area contributed by atoms with Gasteiger partial charge < -0.3 is 11.5 Å². The van der Waals surface area contributed by atoms with Crippen molar-refractivity contribution in [2.45, 2.75) is 6.92 Å². The van der Waals surface area contributed by atoms with Crippen LogP contribution in [-0.4, -0.2) is 16.9 Å². The fourth-order valence-corrected chi connectivity index (χ4v) is 2.64. The third-order valence-corrected chi connectivity index (χ3v) is 3.67. The molecule has 126 valence electrons. The van der Waals surface area contributed by atoms with Crippen LogP contribution in [-0.2, 0) is 0 Å². The summed E-state index contributed by atoms with van der Waals surface area (Å²) in [4.78, 5) is 19.6. The van der Waals surface area contributed by atoms with Crippen LogP contribution in [0.2, 0.25) is 0 Å². The Labute approximate surface area is 142 Å². The highest BCUT2D eigenvalue weighted by Gasteiger charge is 2.16. The van der Waals surface area contributed by atoms with Gasteiger partial charge in [-0.3, -0.25) is 9.78 Å². The smallest absolute Gasteiger partial charge is 0.280 e. The average molecular weight is 340 g/mol. The molecule has 4 N–H and O–H groups in total. The van der Waals surface area contributed by atoms with E-state index in [9.17, 15) is 13.6 Å². The van der Waals surface area contributed by atoms with Gasteiger partial charge in [0.05, 0.1) is 11.1 Å². The minimum atomic E-state index is -0.689. The van der Waals surface area contributed by atoms with Crippen molar-refractivity contribution in [3.8, 4) is 11.1 Å². The fraction of sp³-hybridized carbons (Fsp3) is 0.0556. The highest BCUT2D eigenvalue weighted by Crippen LogP contribution is 2.32. The zero-order chi connectivity index (χ0) is 18.1. The maximum absolute atomic E-state index is 14.4. The van der Waals surface area contributed by atoms with Gasteiger partial charge in [0.15, 0.2) is 5.96 Å². The Bertz CT molecular complexity index is 1000. The highest BCUT2D eigenvalue weighted by atomic mass is 19.1. The van der Waals surface area contributed by atoms with Crippen LogP contribution < -0.4 is 11.5 Å². The highest BCUT2D eigenvalue weighted by molar-refractivity contribution is 6.05. The second-order valence-corrected chi connectivity index (χ2v) is 5.54. The number of aliphatic imine (C=N–C) groups is 1. The van der Waals surface area contributed by atoms with Gasteiger partial charge in [-0.25, -0.2) is 8.78 Å². The molecule has 0 aliphatic rings. The molecule has 0 radical (unpaired) electrons. The molecular weight excluding hydrogens is 326 g/mol. The molecular formula is C18H14F2N4O. The molecule has 7 heteroatoms. The van der Waals surface area contributed by atoms with E-state index < -0.39 is 17.5 Å². The number of nitrogens with zero attached hydrogens (tertiary/aromatic N) is 2. The first-order valence-corrected chi connectivity index (χ1v) is 7.35. The molecule has 0 saturated heterocycles. The molecule has 0 spiro atoms. The predicted molar refractivity (Wildman–Crippen MR) is 92.0 cm³/mol. The molecule has 0 aliphatic carbocycles. The zero-order valence-corrected chi connectivity index (χ0v) is 13.3. The standard InChI is InChI=1S/C18H14F2N4O/c1-9-6-13(19)16(14(20)7-9)11-4-5-23-15-3-2-10(8-12(11)15)17(25)24-18(21)22/h2-8H,1H3,(H4,21,22,24,25). The van der Waals surface area contributed by atoms with Crippen LogP contribution in [0, 0.1) is 18.6 Å². The first kappa shape index (κ1) is 16.5. The molecule has 1 heterocycles. The van der Waals surface area contributed by atoms with Crippen molar-refractivity contribution in [1.82, 2.24) is 4.98 Å². The molecule has 1 amide bonds. The van der Waals surface area contributed by atoms with E-state index in [-0.39, 0.29) is 17.1 Å². The van der Waals surface area contributed by atoms with Crippen LogP contribution in [0.1, 0.15) is 15.9 Å². The van der Waals surface area contributed by atoms with Crippen molar-refractivity contribution in [1.29, 1.82) is 0 Å². The number of guanidine groups is 1. The van der Waals surface area contributed by atoms with E-state index in [1.165, 1.54) is 36.5 Å². The molecule has 0 aliphatic heterocycles. The minimum Gasteiger partial charge on any atom is -0.370 e. The van der Waals surface area contributed by atoms with Crippen molar-refractivity contribution in [2.24, 2.45) is 16.5 Å². The maximum Gasteiger partial charge on any atom is 0.280 e. The Morgan fingerprint density at radius 2 is 1.76 bits per heavy atom. The van der Waals surface area contributed by atoms with E-state index in [1.807, 2.05) is 0 Å². The van der Waals surface area contributed by atoms with E-state index in [4.69, 9.17) is 11.5 Å². The molecule has 3 aromatic rings. The SMILES string of the molecule is Cc1cc(F)c(-c2ccnc3ccc(C(=O)N=C(N)N)cc23)c(F)c1. The van der Waals surface area contributed by atoms with E-state index in [0.29, 0.717) is 22.0 Å². The van der Waals surface area contributed by atoms with Gasteiger partial charge in [0.1, 0.15) is 11.6 Å². The van der Waals surface area contributed by atoms with Crippen LogP contribution in [0.5, 0.6) is 0 Å². The first-order chi connectivity index (χ1) is 11.9. The lowest BCUT2D eigenvalue weighted by Gasteiger charge is -2.10. The number of hydrogen-bond acceptors (Lipinski definition) is 2. The van der Waals surface area contributed by atoms with Crippen molar-refractivity contribution in [3.63, 3.8) is 0 Å². The van der Waals surface area contributed by atoms with Crippen LogP contribution >= 0.6 is 0 Å². The number of fused-ring (bicyclic) bond motifs is 1. The number of pyridine rings is 1. The number of carbonyl (C=O) groups is 1. The van der Waals surface area contributed by atoms with Gasteiger partial charge in [-0.2, -0.15) is 4.99 Å². The van der Waals surface area contributed by atoms with E-state index in [0.717, 1.165) is 0 Å². The number of halogens is 2. The summed E-state index contributed by atoms with van der Waals surface area (Å²) in [5.74, 6) is -2.40.